The van der Waals surface area contributed by atoms with Gasteiger partial charge in [-0.15, -0.1) is 0 Å². The van der Waals surface area contributed by atoms with Crippen LogP contribution in [0.2, 0.25) is 0 Å². The Labute approximate surface area is 99.1 Å². The minimum Gasteiger partial charge on any atom is -0.385 e. The van der Waals surface area contributed by atoms with Crippen molar-refractivity contribution in [2.24, 2.45) is 5.73 Å². The Bertz CT molecular complexity index is 178. The van der Waals surface area contributed by atoms with E-state index >= 15 is 0 Å². The van der Waals surface area contributed by atoms with Gasteiger partial charge in [-0.3, -0.25) is 4.90 Å². The molecule has 1 aliphatic heterocycles. The highest BCUT2D eigenvalue weighted by molar-refractivity contribution is 4.77. The van der Waals surface area contributed by atoms with Gasteiger partial charge in [0.05, 0.1) is 13.2 Å². The Morgan fingerprint density at radius 2 is 2.38 bits per heavy atom. The molecule has 1 saturated heterocycles. The summed E-state index contributed by atoms with van der Waals surface area (Å²) in [4.78, 5) is 2.47. The van der Waals surface area contributed by atoms with Crippen LogP contribution in [0.25, 0.3) is 0 Å². The lowest BCUT2D eigenvalue weighted by Gasteiger charge is -2.36. The smallest absolute Gasteiger partial charge is 0.0622 e. The van der Waals surface area contributed by atoms with Crippen LogP contribution in [-0.2, 0) is 9.47 Å². The molecule has 1 fully saturated rings. The van der Waals surface area contributed by atoms with Crippen LogP contribution in [-0.4, -0.2) is 57.0 Å². The fraction of sp³-hybridized carbons (Fsp3) is 1.00. The number of hydrogen-bond donors (Lipinski definition) is 1. The molecule has 1 heterocycles. The van der Waals surface area contributed by atoms with Gasteiger partial charge in [-0.05, 0) is 19.3 Å². The molecule has 1 rings (SSSR count). The minimum absolute atomic E-state index is 0.266. The quantitative estimate of drug-likeness (QED) is 0.659. The average molecular weight is 230 g/mol. The van der Waals surface area contributed by atoms with Gasteiger partial charge in [0.15, 0.2) is 0 Å². The topological polar surface area (TPSA) is 47.7 Å². The zero-order valence-corrected chi connectivity index (χ0v) is 10.7. The molecule has 2 atom stereocenters. The van der Waals surface area contributed by atoms with Crippen LogP contribution in [0.3, 0.4) is 0 Å². The summed E-state index contributed by atoms with van der Waals surface area (Å²) in [6.07, 6.45) is 3.24. The van der Waals surface area contributed by atoms with E-state index in [4.69, 9.17) is 15.2 Å². The number of hydrogen-bond acceptors (Lipinski definition) is 4. The summed E-state index contributed by atoms with van der Waals surface area (Å²) < 4.78 is 10.5. The maximum atomic E-state index is 6.12. The molecular formula is C12H26N2O2. The van der Waals surface area contributed by atoms with Crippen LogP contribution in [0.15, 0.2) is 0 Å². The molecule has 0 amide bonds. The number of nitrogens with zero attached hydrogens (tertiary/aromatic N) is 1. The minimum atomic E-state index is 0.266. The Hall–Kier alpha value is -0.160. The second-order valence-electron chi connectivity index (χ2n) is 4.53. The van der Waals surface area contributed by atoms with Gasteiger partial charge in [-0.1, -0.05) is 6.92 Å². The third kappa shape index (κ3) is 4.78. The van der Waals surface area contributed by atoms with Crippen LogP contribution in [0.5, 0.6) is 0 Å². The Kier molecular flexibility index (Phi) is 6.96. The first-order valence-electron chi connectivity index (χ1n) is 6.34. The summed E-state index contributed by atoms with van der Waals surface area (Å²) in [5.41, 5.74) is 6.12. The van der Waals surface area contributed by atoms with E-state index in [0.29, 0.717) is 6.04 Å². The molecule has 2 N–H and O–H groups in total. The zero-order valence-electron chi connectivity index (χ0n) is 10.7. The van der Waals surface area contributed by atoms with E-state index in [-0.39, 0.29) is 6.04 Å². The van der Waals surface area contributed by atoms with Crippen LogP contribution in [0.1, 0.15) is 26.2 Å². The lowest BCUT2D eigenvalue weighted by atomic mass is 10.1. The van der Waals surface area contributed by atoms with Gasteiger partial charge >= 0.3 is 0 Å². The molecule has 4 heteroatoms. The van der Waals surface area contributed by atoms with Crippen LogP contribution in [0.4, 0.5) is 0 Å². The van der Waals surface area contributed by atoms with E-state index in [1.54, 1.807) is 7.11 Å². The van der Waals surface area contributed by atoms with Crippen LogP contribution < -0.4 is 5.73 Å². The van der Waals surface area contributed by atoms with Crippen molar-refractivity contribution in [2.75, 3.05) is 40.0 Å². The van der Waals surface area contributed by atoms with Crippen molar-refractivity contribution in [3.63, 3.8) is 0 Å². The lowest BCUT2D eigenvalue weighted by molar-refractivity contribution is -0.0115. The number of morpholine rings is 1. The number of methoxy groups -OCH3 is 1. The molecule has 4 nitrogen and oxygen atoms in total. The molecule has 16 heavy (non-hydrogen) atoms. The monoisotopic (exact) mass is 230 g/mol. The predicted octanol–water partition coefficient (Wildman–Crippen LogP) is 0.851. The molecule has 0 aliphatic carbocycles. The summed E-state index contributed by atoms with van der Waals surface area (Å²) in [5, 5.41) is 0. The van der Waals surface area contributed by atoms with Crippen molar-refractivity contribution in [1.82, 2.24) is 4.90 Å². The number of ether oxygens (including phenoxy) is 2. The third-order valence-corrected chi connectivity index (χ3v) is 3.21. The van der Waals surface area contributed by atoms with Crippen LogP contribution >= 0.6 is 0 Å². The molecule has 2 unspecified atom stereocenters. The van der Waals surface area contributed by atoms with Crippen molar-refractivity contribution in [3.05, 3.63) is 0 Å². The summed E-state index contributed by atoms with van der Waals surface area (Å²) in [6, 6.07) is 0.824. The fourth-order valence-electron chi connectivity index (χ4n) is 2.19. The van der Waals surface area contributed by atoms with Crippen molar-refractivity contribution < 1.29 is 9.47 Å². The standard InChI is InChI=1S/C12H26N2O2/c1-3-12-10-16-8-6-14(12)9-11(13)5-4-7-15-2/h11-12H,3-10,13H2,1-2H3. The van der Waals surface area contributed by atoms with E-state index in [9.17, 15) is 0 Å². The molecular weight excluding hydrogens is 204 g/mol. The fourth-order valence-corrected chi connectivity index (χ4v) is 2.19. The summed E-state index contributed by atoms with van der Waals surface area (Å²) in [7, 11) is 1.74. The second kappa shape index (κ2) is 8.01. The molecule has 0 spiro atoms. The van der Waals surface area contributed by atoms with Gasteiger partial charge in [0, 0.05) is 38.9 Å². The largest absolute Gasteiger partial charge is 0.385 e. The van der Waals surface area contributed by atoms with Crippen molar-refractivity contribution in [1.29, 1.82) is 0 Å². The Morgan fingerprint density at radius 1 is 1.56 bits per heavy atom. The molecule has 1 aliphatic rings. The zero-order chi connectivity index (χ0) is 11.8. The lowest BCUT2D eigenvalue weighted by Crippen LogP contribution is -2.49. The first kappa shape index (κ1) is 13.9. The summed E-state index contributed by atoms with van der Waals surface area (Å²) >= 11 is 0. The Balaban J connectivity index is 2.22. The highest BCUT2D eigenvalue weighted by atomic mass is 16.5. The van der Waals surface area contributed by atoms with Gasteiger partial charge in [-0.25, -0.2) is 0 Å². The number of rotatable bonds is 7. The van der Waals surface area contributed by atoms with E-state index < -0.39 is 0 Å². The van der Waals surface area contributed by atoms with Crippen molar-refractivity contribution >= 4 is 0 Å². The Morgan fingerprint density at radius 3 is 3.06 bits per heavy atom. The highest BCUT2D eigenvalue weighted by Crippen LogP contribution is 2.11. The maximum Gasteiger partial charge on any atom is 0.0622 e. The summed E-state index contributed by atoms with van der Waals surface area (Å²) in [6.45, 7) is 6.75. The third-order valence-electron chi connectivity index (χ3n) is 3.21. The van der Waals surface area contributed by atoms with Gasteiger partial charge < -0.3 is 15.2 Å². The molecule has 0 aromatic heterocycles. The molecule has 96 valence electrons. The number of nitrogens with two attached hydrogens (primary N) is 1. The summed E-state index contributed by atoms with van der Waals surface area (Å²) in [5.74, 6) is 0. The van der Waals surface area contributed by atoms with Crippen LogP contribution in [0, 0.1) is 0 Å². The van der Waals surface area contributed by atoms with Gasteiger partial charge in [0.2, 0.25) is 0 Å². The highest BCUT2D eigenvalue weighted by Gasteiger charge is 2.22. The maximum absolute atomic E-state index is 6.12. The van der Waals surface area contributed by atoms with Crippen molar-refractivity contribution in [2.45, 2.75) is 38.3 Å². The SMILES string of the molecule is CCC1COCCN1CC(N)CCCOC. The normalized spacial score (nSPS) is 24.6. The van der Waals surface area contributed by atoms with E-state index in [1.165, 1.54) is 0 Å². The van der Waals surface area contributed by atoms with E-state index in [0.717, 1.165) is 52.2 Å². The predicted molar refractivity (Wildman–Crippen MR) is 65.6 cm³/mol. The van der Waals surface area contributed by atoms with Gasteiger partial charge in [0.25, 0.3) is 0 Å². The van der Waals surface area contributed by atoms with E-state index in [2.05, 4.69) is 11.8 Å². The molecule has 0 aromatic carbocycles. The molecule has 0 aromatic rings. The first-order valence-corrected chi connectivity index (χ1v) is 6.34. The first-order chi connectivity index (χ1) is 7.77. The second-order valence-corrected chi connectivity index (χ2v) is 4.53. The molecule has 0 radical (unpaired) electrons. The van der Waals surface area contributed by atoms with Gasteiger partial charge in [-0.2, -0.15) is 0 Å². The molecule has 0 bridgehead atoms. The molecule has 0 saturated carbocycles. The van der Waals surface area contributed by atoms with Crippen molar-refractivity contribution in [3.8, 4) is 0 Å². The van der Waals surface area contributed by atoms with E-state index in [1.807, 2.05) is 0 Å². The van der Waals surface area contributed by atoms with Gasteiger partial charge in [0.1, 0.15) is 0 Å². The average Bonchev–Trinajstić information content (AvgIpc) is 2.30.